The lowest BCUT2D eigenvalue weighted by Gasteiger charge is -2.14. The highest BCUT2D eigenvalue weighted by Gasteiger charge is 2.05. The van der Waals surface area contributed by atoms with Gasteiger partial charge in [-0.3, -0.25) is 4.79 Å². The summed E-state index contributed by atoms with van der Waals surface area (Å²) in [7, 11) is 5.13. The number of amides is 1. The van der Waals surface area contributed by atoms with E-state index < -0.39 is 0 Å². The number of nitrogens with zero attached hydrogens (tertiary/aromatic N) is 1. The molecule has 72 valence electrons. The molecule has 0 bridgehead atoms. The van der Waals surface area contributed by atoms with Gasteiger partial charge in [0.15, 0.2) is 0 Å². The number of nitrogens with one attached hydrogen (secondary N) is 1. The highest BCUT2D eigenvalue weighted by molar-refractivity contribution is 5.77. The third kappa shape index (κ3) is 5.09. The summed E-state index contributed by atoms with van der Waals surface area (Å²) in [4.78, 5) is 12.6. The summed E-state index contributed by atoms with van der Waals surface area (Å²) < 4.78 is 4.91. The fourth-order valence-corrected chi connectivity index (χ4v) is 0.729. The molecule has 0 aliphatic rings. The molecule has 0 aromatic heterocycles. The van der Waals surface area contributed by atoms with Crippen LogP contribution in [0.4, 0.5) is 0 Å². The second kappa shape index (κ2) is 5.97. The Morgan fingerprint density at radius 1 is 1.58 bits per heavy atom. The fourth-order valence-electron chi connectivity index (χ4n) is 0.729. The van der Waals surface area contributed by atoms with E-state index in [0.29, 0.717) is 13.2 Å². The number of hydrogen-bond donors (Lipinski definition) is 1. The smallest absolute Gasteiger partial charge is 0.236 e. The van der Waals surface area contributed by atoms with E-state index in [4.69, 9.17) is 4.74 Å². The maximum atomic E-state index is 11.1. The lowest BCUT2D eigenvalue weighted by Crippen LogP contribution is -2.39. The molecule has 4 nitrogen and oxygen atoms in total. The topological polar surface area (TPSA) is 41.6 Å². The molecule has 1 amide bonds. The Morgan fingerprint density at radius 3 is 2.58 bits per heavy atom. The van der Waals surface area contributed by atoms with Crippen LogP contribution in [0.15, 0.2) is 0 Å². The first-order valence-electron chi connectivity index (χ1n) is 4.00. The molecule has 1 atom stereocenters. The predicted octanol–water partition coefficient (Wildman–Crippen LogP) is -0.301. The van der Waals surface area contributed by atoms with Crippen molar-refractivity contribution < 1.29 is 9.53 Å². The number of methoxy groups -OCH3 is 1. The Morgan fingerprint density at radius 2 is 2.17 bits per heavy atom. The number of carbonyl (C=O) groups excluding carboxylic acids is 1. The standard InChI is InChI=1S/C8H18N2O2/c1-7(6-12-4)9-5-8(11)10(2)3/h7,9H,5-6H2,1-4H3/t7-/m0/s1. The van der Waals surface area contributed by atoms with Gasteiger partial charge < -0.3 is 15.0 Å². The van der Waals surface area contributed by atoms with E-state index in [1.807, 2.05) is 6.92 Å². The number of carbonyl (C=O) groups is 1. The van der Waals surface area contributed by atoms with E-state index in [2.05, 4.69) is 5.32 Å². The highest BCUT2D eigenvalue weighted by Crippen LogP contribution is 1.83. The van der Waals surface area contributed by atoms with E-state index in [9.17, 15) is 4.79 Å². The zero-order valence-electron chi connectivity index (χ0n) is 8.26. The molecule has 4 heteroatoms. The first-order chi connectivity index (χ1) is 5.57. The molecule has 0 aliphatic carbocycles. The molecule has 0 aromatic carbocycles. The van der Waals surface area contributed by atoms with Crippen molar-refractivity contribution in [2.75, 3.05) is 34.4 Å². The van der Waals surface area contributed by atoms with Crippen molar-refractivity contribution in [3.05, 3.63) is 0 Å². The molecule has 0 unspecified atom stereocenters. The summed E-state index contributed by atoms with van der Waals surface area (Å²) in [5.74, 6) is 0.0814. The maximum absolute atomic E-state index is 11.1. The Kier molecular flexibility index (Phi) is 5.66. The lowest BCUT2D eigenvalue weighted by molar-refractivity contribution is -0.127. The average Bonchev–Trinajstić information content (AvgIpc) is 2.00. The van der Waals surface area contributed by atoms with Crippen molar-refractivity contribution in [3.63, 3.8) is 0 Å². The van der Waals surface area contributed by atoms with Gasteiger partial charge in [0.1, 0.15) is 0 Å². The second-order valence-electron chi connectivity index (χ2n) is 3.03. The van der Waals surface area contributed by atoms with Gasteiger partial charge in [-0.15, -0.1) is 0 Å². The van der Waals surface area contributed by atoms with Crippen molar-refractivity contribution in [2.24, 2.45) is 0 Å². The van der Waals surface area contributed by atoms with Crippen LogP contribution in [0.1, 0.15) is 6.92 Å². The normalized spacial score (nSPS) is 12.7. The van der Waals surface area contributed by atoms with Crippen molar-refractivity contribution in [1.29, 1.82) is 0 Å². The van der Waals surface area contributed by atoms with E-state index >= 15 is 0 Å². The molecule has 0 saturated carbocycles. The molecule has 0 rings (SSSR count). The quantitative estimate of drug-likeness (QED) is 0.622. The van der Waals surface area contributed by atoms with Crippen molar-refractivity contribution in [2.45, 2.75) is 13.0 Å². The molecule has 0 heterocycles. The van der Waals surface area contributed by atoms with Crippen LogP contribution in [0, 0.1) is 0 Å². The fraction of sp³-hybridized carbons (Fsp3) is 0.875. The number of hydrogen-bond acceptors (Lipinski definition) is 3. The van der Waals surface area contributed by atoms with Crippen LogP contribution in [-0.4, -0.2) is 51.2 Å². The Labute approximate surface area is 73.9 Å². The highest BCUT2D eigenvalue weighted by atomic mass is 16.5. The van der Waals surface area contributed by atoms with Crippen LogP contribution in [0.25, 0.3) is 0 Å². The van der Waals surface area contributed by atoms with Crippen molar-refractivity contribution >= 4 is 5.91 Å². The van der Waals surface area contributed by atoms with Gasteiger partial charge in [-0.25, -0.2) is 0 Å². The van der Waals surface area contributed by atoms with Gasteiger partial charge in [0.2, 0.25) is 5.91 Å². The van der Waals surface area contributed by atoms with Crippen LogP contribution in [0.5, 0.6) is 0 Å². The summed E-state index contributed by atoms with van der Waals surface area (Å²) in [6.07, 6.45) is 0. The maximum Gasteiger partial charge on any atom is 0.236 e. The molecule has 0 aromatic rings. The van der Waals surface area contributed by atoms with Gasteiger partial charge in [-0.05, 0) is 6.92 Å². The first kappa shape index (κ1) is 11.4. The molecule has 0 saturated heterocycles. The van der Waals surface area contributed by atoms with Crippen molar-refractivity contribution in [3.8, 4) is 0 Å². The summed E-state index contributed by atoms with van der Waals surface area (Å²) in [6.45, 7) is 2.98. The molecule has 0 radical (unpaired) electrons. The minimum atomic E-state index is 0.0814. The third-order valence-electron chi connectivity index (χ3n) is 1.52. The van der Waals surface area contributed by atoms with Crippen LogP contribution >= 0.6 is 0 Å². The molecular formula is C8H18N2O2. The first-order valence-corrected chi connectivity index (χ1v) is 4.00. The number of ether oxygens (including phenoxy) is 1. The Bertz CT molecular complexity index is 137. The molecular weight excluding hydrogens is 156 g/mol. The molecule has 0 fully saturated rings. The zero-order valence-corrected chi connectivity index (χ0v) is 8.26. The van der Waals surface area contributed by atoms with Gasteiger partial charge >= 0.3 is 0 Å². The third-order valence-corrected chi connectivity index (χ3v) is 1.52. The van der Waals surface area contributed by atoms with Gasteiger partial charge in [-0.2, -0.15) is 0 Å². The molecule has 0 aliphatic heterocycles. The minimum absolute atomic E-state index is 0.0814. The molecule has 12 heavy (non-hydrogen) atoms. The van der Waals surface area contributed by atoms with E-state index in [1.54, 1.807) is 26.1 Å². The minimum Gasteiger partial charge on any atom is -0.383 e. The number of rotatable bonds is 5. The monoisotopic (exact) mass is 174 g/mol. The summed E-state index contributed by atoms with van der Waals surface area (Å²) in [6, 6.07) is 0.221. The summed E-state index contributed by atoms with van der Waals surface area (Å²) in [5.41, 5.74) is 0. The van der Waals surface area contributed by atoms with Gasteiger partial charge in [0.05, 0.1) is 13.2 Å². The van der Waals surface area contributed by atoms with Gasteiger partial charge in [-0.1, -0.05) is 0 Å². The van der Waals surface area contributed by atoms with E-state index in [-0.39, 0.29) is 11.9 Å². The van der Waals surface area contributed by atoms with Crippen LogP contribution in [0.2, 0.25) is 0 Å². The van der Waals surface area contributed by atoms with Gasteiger partial charge in [0.25, 0.3) is 0 Å². The molecule has 0 spiro atoms. The Hall–Kier alpha value is -0.610. The lowest BCUT2D eigenvalue weighted by atomic mass is 10.3. The van der Waals surface area contributed by atoms with Crippen LogP contribution in [0.3, 0.4) is 0 Å². The average molecular weight is 174 g/mol. The Balaban J connectivity index is 3.47. The second-order valence-corrected chi connectivity index (χ2v) is 3.03. The molecule has 1 N–H and O–H groups in total. The van der Waals surface area contributed by atoms with E-state index in [1.165, 1.54) is 0 Å². The zero-order chi connectivity index (χ0) is 9.56. The van der Waals surface area contributed by atoms with Crippen molar-refractivity contribution in [1.82, 2.24) is 10.2 Å². The largest absolute Gasteiger partial charge is 0.383 e. The number of likely N-dealkylation sites (N-methyl/N-ethyl adjacent to an activating group) is 1. The van der Waals surface area contributed by atoms with Crippen LogP contribution in [-0.2, 0) is 9.53 Å². The summed E-state index contributed by atoms with van der Waals surface area (Å²) in [5, 5.41) is 3.05. The van der Waals surface area contributed by atoms with Crippen LogP contribution < -0.4 is 5.32 Å². The van der Waals surface area contributed by atoms with E-state index in [0.717, 1.165) is 0 Å². The SMILES string of the molecule is COC[C@H](C)NCC(=O)N(C)C. The summed E-state index contributed by atoms with van der Waals surface area (Å²) >= 11 is 0. The van der Waals surface area contributed by atoms with Gasteiger partial charge in [0, 0.05) is 27.2 Å². The predicted molar refractivity (Wildman–Crippen MR) is 48.0 cm³/mol.